The summed E-state index contributed by atoms with van der Waals surface area (Å²) in [7, 11) is 0. The number of hydrogen-bond acceptors (Lipinski definition) is 1. The number of benzene rings is 1. The van der Waals surface area contributed by atoms with Crippen LogP contribution >= 0.6 is 11.6 Å². The maximum absolute atomic E-state index is 11.2. The molecule has 0 atom stereocenters. The van der Waals surface area contributed by atoms with Crippen LogP contribution in [0.15, 0.2) is 18.2 Å². The van der Waals surface area contributed by atoms with E-state index in [0.717, 1.165) is 16.1 Å². The van der Waals surface area contributed by atoms with Crippen molar-refractivity contribution in [3.63, 3.8) is 0 Å². The van der Waals surface area contributed by atoms with Crippen LogP contribution in [0.5, 0.6) is 0 Å². The predicted octanol–water partition coefficient (Wildman–Crippen LogP) is 3.91. The third-order valence-corrected chi connectivity index (χ3v) is 3.05. The monoisotopic (exact) mass is 224 g/mol. The first-order valence-electron chi connectivity index (χ1n) is 5.09. The number of aryl methyl sites for hydroxylation is 1. The quantitative estimate of drug-likeness (QED) is 0.761. The fourth-order valence-electron chi connectivity index (χ4n) is 1.74. The Morgan fingerprint density at radius 2 is 2.00 bits per heavy atom. The largest absolute Gasteiger partial charge is 0.300 e. The van der Waals surface area contributed by atoms with E-state index in [4.69, 9.17) is 11.6 Å². The SMILES string of the molecule is CC(=O)CC(C)(C)c1ccc(C)c(Cl)c1. The van der Waals surface area contributed by atoms with Crippen molar-refractivity contribution in [2.45, 2.75) is 39.5 Å². The molecule has 15 heavy (non-hydrogen) atoms. The molecule has 0 fully saturated rings. The van der Waals surface area contributed by atoms with Crippen LogP contribution < -0.4 is 0 Å². The van der Waals surface area contributed by atoms with Gasteiger partial charge in [-0.05, 0) is 36.5 Å². The van der Waals surface area contributed by atoms with Crippen molar-refractivity contribution in [3.05, 3.63) is 34.3 Å². The molecule has 0 aliphatic rings. The van der Waals surface area contributed by atoms with Crippen LogP contribution in [0.25, 0.3) is 0 Å². The van der Waals surface area contributed by atoms with Gasteiger partial charge in [-0.15, -0.1) is 0 Å². The zero-order chi connectivity index (χ0) is 11.6. The number of rotatable bonds is 3. The first kappa shape index (κ1) is 12.3. The van der Waals surface area contributed by atoms with Gasteiger partial charge in [-0.2, -0.15) is 0 Å². The number of Topliss-reactive ketones (excluding diaryl/α,β-unsaturated/α-hetero) is 1. The lowest BCUT2D eigenvalue weighted by Gasteiger charge is -2.24. The Balaban J connectivity index is 3.04. The number of ketones is 1. The second-order valence-electron chi connectivity index (χ2n) is 4.73. The van der Waals surface area contributed by atoms with Crippen molar-refractivity contribution >= 4 is 17.4 Å². The molecule has 0 bridgehead atoms. The van der Waals surface area contributed by atoms with Gasteiger partial charge in [0.05, 0.1) is 0 Å². The molecule has 1 aromatic carbocycles. The highest BCUT2D eigenvalue weighted by atomic mass is 35.5. The van der Waals surface area contributed by atoms with Crippen LogP contribution in [-0.2, 0) is 10.2 Å². The Morgan fingerprint density at radius 1 is 1.40 bits per heavy atom. The van der Waals surface area contributed by atoms with Gasteiger partial charge < -0.3 is 0 Å². The summed E-state index contributed by atoms with van der Waals surface area (Å²) < 4.78 is 0. The first-order valence-corrected chi connectivity index (χ1v) is 5.47. The Kier molecular flexibility index (Phi) is 3.56. The fraction of sp³-hybridized carbons (Fsp3) is 0.462. The summed E-state index contributed by atoms with van der Waals surface area (Å²) in [5.74, 6) is 0.205. The number of carbonyl (C=O) groups excluding carboxylic acids is 1. The summed E-state index contributed by atoms with van der Waals surface area (Å²) in [5, 5.41) is 0.768. The van der Waals surface area contributed by atoms with Gasteiger partial charge in [0.25, 0.3) is 0 Å². The van der Waals surface area contributed by atoms with E-state index >= 15 is 0 Å². The van der Waals surface area contributed by atoms with Gasteiger partial charge in [-0.1, -0.05) is 37.6 Å². The highest BCUT2D eigenvalue weighted by Crippen LogP contribution is 2.30. The number of halogens is 1. The lowest BCUT2D eigenvalue weighted by atomic mass is 9.80. The van der Waals surface area contributed by atoms with Crippen molar-refractivity contribution in [1.29, 1.82) is 0 Å². The van der Waals surface area contributed by atoms with Crippen molar-refractivity contribution in [3.8, 4) is 0 Å². The lowest BCUT2D eigenvalue weighted by Crippen LogP contribution is -2.20. The molecule has 1 aromatic rings. The fourth-order valence-corrected chi connectivity index (χ4v) is 1.92. The molecule has 0 spiro atoms. The predicted molar refractivity (Wildman–Crippen MR) is 64.5 cm³/mol. The average Bonchev–Trinajstić information content (AvgIpc) is 2.07. The molecule has 0 radical (unpaired) electrons. The topological polar surface area (TPSA) is 17.1 Å². The molecule has 82 valence electrons. The summed E-state index contributed by atoms with van der Waals surface area (Å²) in [6, 6.07) is 6.00. The van der Waals surface area contributed by atoms with Crippen LogP contribution in [0, 0.1) is 6.92 Å². The molecule has 0 N–H and O–H groups in total. The van der Waals surface area contributed by atoms with Crippen molar-refractivity contribution in [2.75, 3.05) is 0 Å². The molecule has 0 unspecified atom stereocenters. The summed E-state index contributed by atoms with van der Waals surface area (Å²) in [6.45, 7) is 7.73. The van der Waals surface area contributed by atoms with Gasteiger partial charge in [-0.25, -0.2) is 0 Å². The minimum atomic E-state index is -0.136. The van der Waals surface area contributed by atoms with Gasteiger partial charge in [0.1, 0.15) is 5.78 Å². The molecule has 0 aromatic heterocycles. The minimum absolute atomic E-state index is 0.136. The summed E-state index contributed by atoms with van der Waals surface area (Å²) in [4.78, 5) is 11.2. The van der Waals surface area contributed by atoms with Crippen molar-refractivity contribution in [2.24, 2.45) is 0 Å². The van der Waals surface area contributed by atoms with E-state index in [9.17, 15) is 4.79 Å². The normalized spacial score (nSPS) is 11.5. The molecular formula is C13H17ClO. The third kappa shape index (κ3) is 3.07. The highest BCUT2D eigenvalue weighted by molar-refractivity contribution is 6.31. The van der Waals surface area contributed by atoms with E-state index in [1.807, 2.05) is 25.1 Å². The first-order chi connectivity index (χ1) is 6.83. The second-order valence-corrected chi connectivity index (χ2v) is 5.13. The number of hydrogen-bond donors (Lipinski definition) is 0. The minimum Gasteiger partial charge on any atom is -0.300 e. The van der Waals surface area contributed by atoms with Crippen LogP contribution in [0.1, 0.15) is 38.3 Å². The van der Waals surface area contributed by atoms with Crippen LogP contribution in [-0.4, -0.2) is 5.78 Å². The molecule has 0 saturated heterocycles. The van der Waals surface area contributed by atoms with Crippen molar-refractivity contribution < 1.29 is 4.79 Å². The molecule has 0 aliphatic heterocycles. The van der Waals surface area contributed by atoms with Gasteiger partial charge in [-0.3, -0.25) is 4.79 Å². The van der Waals surface area contributed by atoms with E-state index in [1.165, 1.54) is 0 Å². The smallest absolute Gasteiger partial charge is 0.130 e. The zero-order valence-corrected chi connectivity index (χ0v) is 10.5. The second kappa shape index (κ2) is 4.36. The standard InChI is InChI=1S/C13H17ClO/c1-9-5-6-11(7-12(9)14)13(3,4)8-10(2)15/h5-7H,8H2,1-4H3. The van der Waals surface area contributed by atoms with Gasteiger partial charge in [0.2, 0.25) is 0 Å². The van der Waals surface area contributed by atoms with E-state index in [1.54, 1.807) is 6.92 Å². The van der Waals surface area contributed by atoms with Gasteiger partial charge in [0.15, 0.2) is 0 Å². The molecule has 0 saturated carbocycles. The molecular weight excluding hydrogens is 208 g/mol. The van der Waals surface area contributed by atoms with Crippen LogP contribution in [0.3, 0.4) is 0 Å². The third-order valence-electron chi connectivity index (χ3n) is 2.64. The Labute approximate surface area is 96.5 Å². The van der Waals surface area contributed by atoms with Crippen LogP contribution in [0.2, 0.25) is 5.02 Å². The van der Waals surface area contributed by atoms with E-state index < -0.39 is 0 Å². The van der Waals surface area contributed by atoms with Gasteiger partial charge >= 0.3 is 0 Å². The van der Waals surface area contributed by atoms with E-state index in [0.29, 0.717) is 6.42 Å². The summed E-state index contributed by atoms with van der Waals surface area (Å²) in [5.41, 5.74) is 2.05. The lowest BCUT2D eigenvalue weighted by molar-refractivity contribution is -0.118. The molecule has 0 amide bonds. The van der Waals surface area contributed by atoms with Crippen LogP contribution in [0.4, 0.5) is 0 Å². The molecule has 2 heteroatoms. The molecule has 1 nitrogen and oxygen atoms in total. The molecule has 0 aliphatic carbocycles. The molecule has 1 rings (SSSR count). The maximum atomic E-state index is 11.2. The van der Waals surface area contributed by atoms with E-state index in [-0.39, 0.29) is 11.2 Å². The summed E-state index contributed by atoms with van der Waals surface area (Å²) >= 11 is 6.07. The Bertz CT molecular complexity index is 380. The molecule has 0 heterocycles. The summed E-state index contributed by atoms with van der Waals surface area (Å²) in [6.07, 6.45) is 0.548. The van der Waals surface area contributed by atoms with Crippen molar-refractivity contribution in [1.82, 2.24) is 0 Å². The maximum Gasteiger partial charge on any atom is 0.130 e. The van der Waals surface area contributed by atoms with E-state index in [2.05, 4.69) is 13.8 Å². The Hall–Kier alpha value is -0.820. The highest BCUT2D eigenvalue weighted by Gasteiger charge is 2.22. The Morgan fingerprint density at radius 3 is 2.47 bits per heavy atom. The zero-order valence-electron chi connectivity index (χ0n) is 9.73. The average molecular weight is 225 g/mol. The van der Waals surface area contributed by atoms with Gasteiger partial charge in [0, 0.05) is 11.4 Å². The number of carbonyl (C=O) groups is 1.